The van der Waals surface area contributed by atoms with Crippen molar-refractivity contribution in [3.63, 3.8) is 0 Å². The zero-order valence-electron chi connectivity index (χ0n) is 5.15. The number of alkyl halides is 1. The van der Waals surface area contributed by atoms with E-state index < -0.39 is 0 Å². The van der Waals surface area contributed by atoms with Crippen molar-refractivity contribution in [2.45, 2.75) is 6.04 Å². The van der Waals surface area contributed by atoms with E-state index >= 15 is 0 Å². The van der Waals surface area contributed by atoms with Crippen molar-refractivity contribution < 1.29 is 26.3 Å². The molecule has 0 spiro atoms. The van der Waals surface area contributed by atoms with Gasteiger partial charge in [0, 0.05) is 0 Å². The zero-order chi connectivity index (χ0) is 7.28. The second-order valence-corrected chi connectivity index (χ2v) is 3.48. The van der Waals surface area contributed by atoms with Gasteiger partial charge < -0.3 is 0 Å². The fourth-order valence-corrected chi connectivity index (χ4v) is 1.37. The molecule has 3 nitrogen and oxygen atoms in total. The van der Waals surface area contributed by atoms with Crippen LogP contribution in [0.5, 0.6) is 0 Å². The van der Waals surface area contributed by atoms with Crippen LogP contribution in [0.1, 0.15) is 0 Å². The Kier molecular flexibility index (Phi) is 5.61. The summed E-state index contributed by atoms with van der Waals surface area (Å²) < 4.78 is 2.71. The van der Waals surface area contributed by atoms with Gasteiger partial charge in [0.05, 0.1) is 0 Å². The molecular formula is C4H11IN2OS. The van der Waals surface area contributed by atoms with E-state index in [2.05, 4.69) is 16.2 Å². The average molecular weight is 262 g/mol. The summed E-state index contributed by atoms with van der Waals surface area (Å²) in [5.41, 5.74) is 5.36. The molecule has 0 aromatic rings. The summed E-state index contributed by atoms with van der Waals surface area (Å²) in [4.78, 5) is 12.7. The molecule has 0 rings (SSSR count). The number of carbonyl (C=O) groups is 1. The van der Waals surface area contributed by atoms with Crippen molar-refractivity contribution >= 4 is 18.5 Å². The van der Waals surface area contributed by atoms with Crippen molar-refractivity contribution in [2.75, 3.05) is 10.7 Å². The molecule has 3 N–H and O–H groups in total. The van der Waals surface area contributed by atoms with Gasteiger partial charge >= 0.3 is 70.8 Å². The normalized spacial score (nSPS) is 13.2. The molecule has 0 aromatic heterocycles. The van der Waals surface area contributed by atoms with E-state index in [1.54, 1.807) is 0 Å². The molecule has 0 aromatic carbocycles. The molecule has 0 heterocycles. The second kappa shape index (κ2) is 5.31. The van der Waals surface area contributed by atoms with Crippen LogP contribution in [0, 0.1) is 0 Å². The Balaban J connectivity index is 3.46. The molecule has 0 radical (unpaired) electrons. The van der Waals surface area contributed by atoms with Crippen molar-refractivity contribution in [3.05, 3.63) is 0 Å². The van der Waals surface area contributed by atoms with Gasteiger partial charge in [-0.05, 0) is 0 Å². The standard InChI is InChI=1S/C4H10IN2OS/c1-5-7-4(8)3(6)2-9/h3,9H,2,6H2,1H3,(H,7,8)/q-1/p+1. The Hall–Kier alpha value is 0.510. The number of carbonyl (C=O) groups excluding carboxylic acids is 1. The third kappa shape index (κ3) is 3.99. The van der Waals surface area contributed by atoms with E-state index in [0.29, 0.717) is 5.75 Å². The number of hydrogen-bond donors (Lipinski definition) is 2. The van der Waals surface area contributed by atoms with Crippen LogP contribution in [-0.4, -0.2) is 22.6 Å². The average Bonchev–Trinajstić information content (AvgIpc) is 1.87. The summed E-state index contributed by atoms with van der Waals surface area (Å²) >= 11 is 2.98. The number of nitrogens with one attached hydrogen (secondary N) is 1. The van der Waals surface area contributed by atoms with Crippen LogP contribution in [0.4, 0.5) is 0 Å². The number of nitrogens with two attached hydrogens (primary N) is 1. The Morgan fingerprint density at radius 2 is 2.56 bits per heavy atom. The van der Waals surface area contributed by atoms with Crippen molar-refractivity contribution in [2.24, 2.45) is 5.73 Å². The van der Waals surface area contributed by atoms with Gasteiger partial charge in [0.2, 0.25) is 0 Å². The second-order valence-electron chi connectivity index (χ2n) is 1.46. The molecule has 1 amide bonds. The van der Waals surface area contributed by atoms with Gasteiger partial charge in [0.1, 0.15) is 0 Å². The molecule has 5 heteroatoms. The third-order valence-electron chi connectivity index (χ3n) is 0.744. The summed E-state index contributed by atoms with van der Waals surface area (Å²) in [7, 11) is 0. The predicted molar refractivity (Wildman–Crippen MR) is 37.1 cm³/mol. The Morgan fingerprint density at radius 3 is 2.89 bits per heavy atom. The Morgan fingerprint density at radius 1 is 2.00 bits per heavy atom. The molecule has 0 fully saturated rings. The third-order valence-corrected chi connectivity index (χ3v) is 2.26. The van der Waals surface area contributed by atoms with Crippen molar-refractivity contribution in [1.82, 2.24) is 3.53 Å². The fourth-order valence-electron chi connectivity index (χ4n) is 0.256. The van der Waals surface area contributed by atoms with Gasteiger partial charge in [0.25, 0.3) is 0 Å². The van der Waals surface area contributed by atoms with Gasteiger partial charge in [0.15, 0.2) is 0 Å². The number of hydrogen-bond acceptors (Lipinski definition) is 2. The Bertz CT molecular complexity index is 101. The molecular weight excluding hydrogens is 251 g/mol. The Labute approximate surface area is 70.8 Å². The van der Waals surface area contributed by atoms with Gasteiger partial charge in [-0.3, -0.25) is 0 Å². The van der Waals surface area contributed by atoms with E-state index in [1.807, 2.05) is 4.93 Å². The maximum absolute atomic E-state index is 10.7. The minimum atomic E-state index is -0.388. The van der Waals surface area contributed by atoms with E-state index in [1.165, 1.54) is 0 Å². The first kappa shape index (κ1) is 9.51. The van der Waals surface area contributed by atoms with Crippen molar-refractivity contribution in [1.29, 1.82) is 0 Å². The quantitative estimate of drug-likeness (QED) is 0.232. The molecule has 0 saturated carbocycles. The topological polar surface area (TPSA) is 55.1 Å². The molecule has 1 atom stereocenters. The first-order chi connectivity index (χ1) is 4.22. The molecule has 56 valence electrons. The minimum absolute atomic E-state index is 0.0553. The van der Waals surface area contributed by atoms with Crippen LogP contribution in [0.15, 0.2) is 0 Å². The molecule has 0 aliphatic carbocycles. The molecule has 0 aliphatic heterocycles. The summed E-state index contributed by atoms with van der Waals surface area (Å²) in [5.74, 6) is 0.468. The molecule has 0 saturated heterocycles. The number of halogens is 1. The van der Waals surface area contributed by atoms with Gasteiger partial charge in [-0.15, -0.1) is 0 Å². The van der Waals surface area contributed by atoms with Crippen LogP contribution in [0.25, 0.3) is 0 Å². The molecule has 0 aliphatic rings. The van der Waals surface area contributed by atoms with Gasteiger partial charge in [-0.25, -0.2) is 0 Å². The van der Waals surface area contributed by atoms with Crippen LogP contribution >= 0.6 is 0 Å². The molecule has 9 heavy (non-hydrogen) atoms. The molecule has 1 unspecified atom stereocenters. The van der Waals surface area contributed by atoms with E-state index in [9.17, 15) is 4.79 Å². The van der Waals surface area contributed by atoms with Crippen LogP contribution in [0.3, 0.4) is 0 Å². The van der Waals surface area contributed by atoms with E-state index in [4.69, 9.17) is 5.73 Å². The van der Waals surface area contributed by atoms with Crippen LogP contribution < -0.4 is 30.7 Å². The van der Waals surface area contributed by atoms with Gasteiger partial charge in [-0.2, -0.15) is 0 Å². The number of rotatable bonds is 3. The zero-order valence-corrected chi connectivity index (χ0v) is 8.31. The first-order valence-corrected chi connectivity index (χ1v) is 6.35. The van der Waals surface area contributed by atoms with Crippen LogP contribution in [-0.2, 0) is 17.4 Å². The van der Waals surface area contributed by atoms with E-state index in [-0.39, 0.29) is 33.4 Å². The first-order valence-electron chi connectivity index (χ1n) is 2.40. The summed E-state index contributed by atoms with van der Waals surface area (Å²) in [6.45, 7) is 0. The SMILES string of the molecule is C[I-]NC(=O)C(N)C[SH2+]. The summed E-state index contributed by atoms with van der Waals surface area (Å²) in [6.07, 6.45) is 0. The van der Waals surface area contributed by atoms with Crippen LogP contribution in [0.2, 0.25) is 0 Å². The monoisotopic (exact) mass is 262 g/mol. The fraction of sp³-hybridized carbons (Fsp3) is 0.750. The number of amides is 1. The summed E-state index contributed by atoms with van der Waals surface area (Å²) in [5, 5.41) is 0. The van der Waals surface area contributed by atoms with Gasteiger partial charge in [-0.1, -0.05) is 0 Å². The van der Waals surface area contributed by atoms with Crippen molar-refractivity contribution in [3.8, 4) is 0 Å². The van der Waals surface area contributed by atoms with E-state index in [0.717, 1.165) is 0 Å². The molecule has 0 bridgehead atoms. The predicted octanol–water partition coefficient (Wildman–Crippen LogP) is -4.92. The summed E-state index contributed by atoms with van der Waals surface area (Å²) in [6, 6.07) is -0.388. The maximum atomic E-state index is 10.7.